The third-order valence-electron chi connectivity index (χ3n) is 1.84. The molecular weight excluding hydrogens is 140 g/mol. The fourth-order valence-corrected chi connectivity index (χ4v) is 1.01. The van der Waals surface area contributed by atoms with Crippen LogP contribution in [0.2, 0.25) is 0 Å². The molecule has 11 heavy (non-hydrogen) atoms. The largest absolute Gasteiger partial charge is 0.394 e. The number of hydrogen-bond acceptors (Lipinski definition) is 3. The van der Waals surface area contributed by atoms with Crippen LogP contribution in [0.15, 0.2) is 0 Å². The lowest BCUT2D eigenvalue weighted by Crippen LogP contribution is -2.50. The van der Waals surface area contributed by atoms with Crippen LogP contribution < -0.4 is 5.73 Å². The van der Waals surface area contributed by atoms with Gasteiger partial charge in [0.15, 0.2) is 0 Å². The Kier molecular flexibility index (Phi) is 4.65. The van der Waals surface area contributed by atoms with Crippen LogP contribution >= 0.6 is 0 Å². The molecule has 0 rings (SSSR count). The van der Waals surface area contributed by atoms with E-state index in [9.17, 15) is 0 Å². The number of hydrogen-bond donors (Lipinski definition) is 2. The second-order valence-corrected chi connectivity index (χ2v) is 3.27. The zero-order valence-corrected chi connectivity index (χ0v) is 7.80. The Balaban J connectivity index is 3.79. The summed E-state index contributed by atoms with van der Waals surface area (Å²) >= 11 is 0. The Labute approximate surface area is 69.2 Å². The van der Waals surface area contributed by atoms with Crippen LogP contribution in [0.25, 0.3) is 0 Å². The maximum atomic E-state index is 8.88. The van der Waals surface area contributed by atoms with Gasteiger partial charge in [-0.05, 0) is 20.0 Å². The van der Waals surface area contributed by atoms with E-state index in [1.54, 1.807) is 0 Å². The first-order chi connectivity index (χ1) is 5.05. The van der Waals surface area contributed by atoms with Crippen molar-refractivity contribution >= 4 is 0 Å². The highest BCUT2D eigenvalue weighted by Crippen LogP contribution is 2.00. The lowest BCUT2D eigenvalue weighted by Gasteiger charge is -2.29. The van der Waals surface area contributed by atoms with Gasteiger partial charge in [-0.15, -0.1) is 0 Å². The van der Waals surface area contributed by atoms with E-state index in [0.29, 0.717) is 0 Å². The zero-order valence-electron chi connectivity index (χ0n) is 7.80. The Bertz CT molecular complexity index is 100. The molecule has 0 aromatic rings. The van der Waals surface area contributed by atoms with E-state index in [2.05, 4.69) is 18.7 Å². The minimum absolute atomic E-state index is 0.0451. The summed E-state index contributed by atoms with van der Waals surface area (Å²) in [6.07, 6.45) is 0. The van der Waals surface area contributed by atoms with E-state index in [-0.39, 0.29) is 6.61 Å². The van der Waals surface area contributed by atoms with Crippen LogP contribution in [0, 0.1) is 0 Å². The fourth-order valence-electron chi connectivity index (χ4n) is 1.01. The maximum Gasteiger partial charge on any atom is 0.0621 e. The van der Waals surface area contributed by atoms with Crippen LogP contribution in [0.1, 0.15) is 20.8 Å². The third kappa shape index (κ3) is 4.35. The molecule has 0 aromatic heterocycles. The molecule has 3 heteroatoms. The molecule has 0 aromatic carbocycles. The summed E-state index contributed by atoms with van der Waals surface area (Å²) in [4.78, 5) is 2.20. The molecule has 0 saturated heterocycles. The summed E-state index contributed by atoms with van der Waals surface area (Å²) in [7, 11) is 0. The van der Waals surface area contributed by atoms with Gasteiger partial charge in [-0.25, -0.2) is 0 Å². The fraction of sp³-hybridized carbons (Fsp3) is 1.00. The molecular formula is C8H20N2O. The quantitative estimate of drug-likeness (QED) is 0.597. The lowest BCUT2D eigenvalue weighted by atomic mass is 10.1. The van der Waals surface area contributed by atoms with E-state index < -0.39 is 5.54 Å². The van der Waals surface area contributed by atoms with E-state index in [1.807, 2.05) is 6.92 Å². The second-order valence-electron chi connectivity index (χ2n) is 3.27. The molecule has 0 aliphatic rings. The number of nitrogens with zero attached hydrogens (tertiary/aromatic N) is 1. The van der Waals surface area contributed by atoms with Crippen LogP contribution in [0.3, 0.4) is 0 Å². The van der Waals surface area contributed by atoms with Crippen molar-refractivity contribution in [3.05, 3.63) is 0 Å². The molecule has 3 N–H and O–H groups in total. The van der Waals surface area contributed by atoms with E-state index >= 15 is 0 Å². The minimum atomic E-state index is -0.452. The van der Waals surface area contributed by atoms with Crippen LogP contribution in [-0.2, 0) is 0 Å². The van der Waals surface area contributed by atoms with Gasteiger partial charge in [-0.2, -0.15) is 0 Å². The SMILES string of the molecule is CCN(CC)CC(C)(N)CO. The predicted molar refractivity (Wildman–Crippen MR) is 47.5 cm³/mol. The number of likely N-dealkylation sites (N-methyl/N-ethyl adjacent to an activating group) is 1. The van der Waals surface area contributed by atoms with Crippen molar-refractivity contribution in [2.75, 3.05) is 26.2 Å². The number of nitrogens with two attached hydrogens (primary N) is 1. The molecule has 1 unspecified atom stereocenters. The lowest BCUT2D eigenvalue weighted by molar-refractivity contribution is 0.155. The van der Waals surface area contributed by atoms with Crippen LogP contribution in [0.5, 0.6) is 0 Å². The zero-order chi connectivity index (χ0) is 8.91. The van der Waals surface area contributed by atoms with Gasteiger partial charge < -0.3 is 15.7 Å². The number of rotatable bonds is 5. The van der Waals surface area contributed by atoms with Crippen molar-refractivity contribution < 1.29 is 5.11 Å². The third-order valence-corrected chi connectivity index (χ3v) is 1.84. The molecule has 0 aliphatic carbocycles. The molecule has 0 heterocycles. The number of aliphatic hydroxyl groups is 1. The van der Waals surface area contributed by atoms with Gasteiger partial charge in [0, 0.05) is 12.1 Å². The summed E-state index contributed by atoms with van der Waals surface area (Å²) in [5.41, 5.74) is 5.32. The van der Waals surface area contributed by atoms with Gasteiger partial charge in [0.05, 0.1) is 6.61 Å². The Hall–Kier alpha value is -0.120. The molecule has 0 saturated carbocycles. The van der Waals surface area contributed by atoms with Crippen molar-refractivity contribution in [3.8, 4) is 0 Å². The summed E-state index contributed by atoms with van der Waals surface area (Å²) in [6.45, 7) is 8.84. The van der Waals surface area contributed by atoms with Crippen molar-refractivity contribution in [2.24, 2.45) is 5.73 Å². The molecule has 0 aliphatic heterocycles. The Morgan fingerprint density at radius 1 is 1.36 bits per heavy atom. The highest BCUT2D eigenvalue weighted by atomic mass is 16.3. The molecule has 3 nitrogen and oxygen atoms in total. The topological polar surface area (TPSA) is 49.5 Å². The molecule has 0 spiro atoms. The normalized spacial score (nSPS) is 16.9. The minimum Gasteiger partial charge on any atom is -0.394 e. The first-order valence-corrected chi connectivity index (χ1v) is 4.17. The van der Waals surface area contributed by atoms with Crippen molar-refractivity contribution in [2.45, 2.75) is 26.3 Å². The molecule has 0 bridgehead atoms. The van der Waals surface area contributed by atoms with Gasteiger partial charge in [-0.3, -0.25) is 0 Å². The van der Waals surface area contributed by atoms with E-state index in [4.69, 9.17) is 10.8 Å². The van der Waals surface area contributed by atoms with Crippen molar-refractivity contribution in [1.82, 2.24) is 4.90 Å². The van der Waals surface area contributed by atoms with Gasteiger partial charge >= 0.3 is 0 Å². The average molecular weight is 160 g/mol. The molecule has 0 amide bonds. The summed E-state index contributed by atoms with van der Waals surface area (Å²) in [5.74, 6) is 0. The van der Waals surface area contributed by atoms with E-state index in [0.717, 1.165) is 19.6 Å². The number of aliphatic hydroxyl groups excluding tert-OH is 1. The predicted octanol–water partition coefficient (Wildman–Crippen LogP) is 0.0379. The van der Waals surface area contributed by atoms with E-state index in [1.165, 1.54) is 0 Å². The maximum absolute atomic E-state index is 8.88. The molecule has 1 atom stereocenters. The van der Waals surface area contributed by atoms with Gasteiger partial charge in [-0.1, -0.05) is 13.8 Å². The molecule has 68 valence electrons. The first-order valence-electron chi connectivity index (χ1n) is 4.17. The average Bonchev–Trinajstić information content (AvgIpc) is 2.00. The highest BCUT2D eigenvalue weighted by molar-refractivity contribution is 4.80. The molecule has 0 radical (unpaired) electrons. The standard InChI is InChI=1S/C8H20N2O/c1-4-10(5-2)6-8(3,9)7-11/h11H,4-7,9H2,1-3H3. The monoisotopic (exact) mass is 160 g/mol. The van der Waals surface area contributed by atoms with Crippen LogP contribution in [-0.4, -0.2) is 41.8 Å². The van der Waals surface area contributed by atoms with Gasteiger partial charge in [0.25, 0.3) is 0 Å². The Morgan fingerprint density at radius 3 is 2.09 bits per heavy atom. The van der Waals surface area contributed by atoms with Gasteiger partial charge in [0.2, 0.25) is 0 Å². The van der Waals surface area contributed by atoms with Crippen LogP contribution in [0.4, 0.5) is 0 Å². The van der Waals surface area contributed by atoms with Gasteiger partial charge in [0.1, 0.15) is 0 Å². The summed E-state index contributed by atoms with van der Waals surface area (Å²) < 4.78 is 0. The second kappa shape index (κ2) is 4.70. The first kappa shape index (κ1) is 10.9. The van der Waals surface area contributed by atoms with Crippen molar-refractivity contribution in [1.29, 1.82) is 0 Å². The highest BCUT2D eigenvalue weighted by Gasteiger charge is 2.19. The Morgan fingerprint density at radius 2 is 1.82 bits per heavy atom. The molecule has 0 fully saturated rings. The van der Waals surface area contributed by atoms with Crippen molar-refractivity contribution in [3.63, 3.8) is 0 Å². The smallest absolute Gasteiger partial charge is 0.0621 e. The summed E-state index contributed by atoms with van der Waals surface area (Å²) in [5, 5.41) is 8.88. The summed E-state index contributed by atoms with van der Waals surface area (Å²) in [6, 6.07) is 0.